The maximum absolute atomic E-state index is 4.28. The Morgan fingerprint density at radius 2 is 2.21 bits per heavy atom. The number of hydrogen-bond donors (Lipinski definition) is 2. The highest BCUT2D eigenvalue weighted by molar-refractivity contribution is 14.0. The maximum atomic E-state index is 4.28. The maximum Gasteiger partial charge on any atom is 0.191 e. The van der Waals surface area contributed by atoms with Crippen LogP contribution < -0.4 is 10.6 Å². The second-order valence-electron chi connectivity index (χ2n) is 5.07. The quantitative estimate of drug-likeness (QED) is 0.456. The number of hydrogen-bond acceptors (Lipinski definition) is 2. The molecule has 0 unspecified atom stereocenters. The van der Waals surface area contributed by atoms with Gasteiger partial charge in [-0.25, -0.2) is 0 Å². The summed E-state index contributed by atoms with van der Waals surface area (Å²) in [7, 11) is 1.84. The number of halogens is 1. The van der Waals surface area contributed by atoms with E-state index in [1.807, 2.05) is 7.05 Å². The third-order valence-electron chi connectivity index (χ3n) is 4.03. The number of thiophene rings is 1. The summed E-state index contributed by atoms with van der Waals surface area (Å²) in [5.41, 5.74) is 0.528. The minimum atomic E-state index is 0. The average molecular weight is 393 g/mol. The molecule has 0 atom stereocenters. The van der Waals surface area contributed by atoms with Gasteiger partial charge in [0, 0.05) is 18.5 Å². The Labute approximate surface area is 137 Å². The first-order chi connectivity index (χ1) is 8.78. The number of nitrogens with zero attached hydrogens (tertiary/aromatic N) is 1. The Morgan fingerprint density at radius 1 is 1.42 bits per heavy atom. The number of nitrogens with one attached hydrogen (secondary N) is 2. The van der Waals surface area contributed by atoms with Crippen LogP contribution in [0.5, 0.6) is 0 Å². The molecule has 0 saturated heterocycles. The summed E-state index contributed by atoms with van der Waals surface area (Å²) in [6.07, 6.45) is 5.37. The minimum absolute atomic E-state index is 0. The van der Waals surface area contributed by atoms with Crippen molar-refractivity contribution < 1.29 is 0 Å². The molecule has 2 rings (SSSR count). The summed E-state index contributed by atoms with van der Waals surface area (Å²) in [5, 5.41) is 8.94. The van der Waals surface area contributed by atoms with E-state index in [2.05, 4.69) is 40.1 Å². The van der Waals surface area contributed by atoms with Crippen LogP contribution in [0.25, 0.3) is 0 Å². The molecule has 1 aliphatic carbocycles. The van der Waals surface area contributed by atoms with E-state index in [0.717, 1.165) is 19.0 Å². The lowest BCUT2D eigenvalue weighted by atomic mass is 9.67. The van der Waals surface area contributed by atoms with Crippen LogP contribution in [0.3, 0.4) is 0 Å². The predicted octanol–water partition coefficient (Wildman–Crippen LogP) is 3.61. The second-order valence-corrected chi connectivity index (χ2v) is 6.10. The van der Waals surface area contributed by atoms with E-state index in [9.17, 15) is 0 Å². The van der Waals surface area contributed by atoms with Gasteiger partial charge in [-0.2, -0.15) is 0 Å². The van der Waals surface area contributed by atoms with Crippen molar-refractivity contribution in [2.24, 2.45) is 10.4 Å². The van der Waals surface area contributed by atoms with Crippen LogP contribution in [0.15, 0.2) is 22.5 Å². The van der Waals surface area contributed by atoms with Crippen LogP contribution in [0.1, 0.15) is 37.5 Å². The highest BCUT2D eigenvalue weighted by atomic mass is 127. The molecule has 0 aromatic carbocycles. The molecular formula is C14H24IN3S. The first-order valence-corrected chi connectivity index (χ1v) is 7.63. The zero-order chi connectivity index (χ0) is 12.8. The van der Waals surface area contributed by atoms with Crippen LogP contribution >= 0.6 is 35.3 Å². The van der Waals surface area contributed by atoms with Crippen molar-refractivity contribution in [2.75, 3.05) is 13.6 Å². The molecule has 5 heteroatoms. The molecule has 108 valence electrons. The van der Waals surface area contributed by atoms with Gasteiger partial charge in [-0.15, -0.1) is 35.3 Å². The fourth-order valence-electron chi connectivity index (χ4n) is 2.41. The van der Waals surface area contributed by atoms with Gasteiger partial charge >= 0.3 is 0 Å². The summed E-state index contributed by atoms with van der Waals surface area (Å²) in [4.78, 5) is 5.62. The molecule has 19 heavy (non-hydrogen) atoms. The molecule has 0 aliphatic heterocycles. The van der Waals surface area contributed by atoms with Crippen molar-refractivity contribution in [3.63, 3.8) is 0 Å². The Morgan fingerprint density at radius 3 is 2.68 bits per heavy atom. The van der Waals surface area contributed by atoms with Gasteiger partial charge in [-0.3, -0.25) is 4.99 Å². The van der Waals surface area contributed by atoms with Crippen molar-refractivity contribution in [3.8, 4) is 0 Å². The van der Waals surface area contributed by atoms with Crippen LogP contribution in [-0.4, -0.2) is 19.6 Å². The molecule has 3 nitrogen and oxygen atoms in total. The molecule has 1 aliphatic rings. The predicted molar refractivity (Wildman–Crippen MR) is 94.5 cm³/mol. The molecule has 1 fully saturated rings. The van der Waals surface area contributed by atoms with Gasteiger partial charge in [0.05, 0.1) is 6.54 Å². The number of aliphatic imine (C=N–C) groups is 1. The third kappa shape index (κ3) is 4.63. The Bertz CT molecular complexity index is 380. The molecular weight excluding hydrogens is 369 g/mol. The van der Waals surface area contributed by atoms with Crippen LogP contribution in [0.2, 0.25) is 0 Å². The van der Waals surface area contributed by atoms with E-state index in [1.54, 1.807) is 11.3 Å². The lowest BCUT2D eigenvalue weighted by Gasteiger charge is -2.41. The summed E-state index contributed by atoms with van der Waals surface area (Å²) >= 11 is 1.77. The van der Waals surface area contributed by atoms with Gasteiger partial charge in [0.25, 0.3) is 0 Å². The average Bonchev–Trinajstić information content (AvgIpc) is 2.85. The smallest absolute Gasteiger partial charge is 0.191 e. The summed E-state index contributed by atoms with van der Waals surface area (Å²) < 4.78 is 0. The fraction of sp³-hybridized carbons (Fsp3) is 0.643. The zero-order valence-corrected chi connectivity index (χ0v) is 14.9. The number of rotatable bonds is 5. The van der Waals surface area contributed by atoms with Crippen molar-refractivity contribution >= 4 is 41.3 Å². The summed E-state index contributed by atoms with van der Waals surface area (Å²) in [6.45, 7) is 4.20. The number of guanidine groups is 1. The molecule has 0 spiro atoms. The molecule has 0 amide bonds. The lowest BCUT2D eigenvalue weighted by molar-refractivity contribution is 0.131. The zero-order valence-electron chi connectivity index (χ0n) is 11.7. The van der Waals surface area contributed by atoms with Gasteiger partial charge in [0.2, 0.25) is 0 Å². The molecule has 1 aromatic rings. The topological polar surface area (TPSA) is 36.4 Å². The molecule has 1 saturated carbocycles. The van der Waals surface area contributed by atoms with E-state index < -0.39 is 0 Å². The highest BCUT2D eigenvalue weighted by Gasteiger charge is 2.34. The van der Waals surface area contributed by atoms with Crippen molar-refractivity contribution in [1.29, 1.82) is 0 Å². The minimum Gasteiger partial charge on any atom is -0.356 e. The third-order valence-corrected chi connectivity index (χ3v) is 4.91. The summed E-state index contributed by atoms with van der Waals surface area (Å²) in [6, 6.07) is 4.22. The van der Waals surface area contributed by atoms with E-state index in [4.69, 9.17) is 0 Å². The molecule has 0 radical (unpaired) electrons. The Balaban J connectivity index is 0.00000180. The fourth-order valence-corrected chi connectivity index (χ4v) is 3.05. The van der Waals surface area contributed by atoms with Crippen LogP contribution in [-0.2, 0) is 6.54 Å². The normalized spacial score (nSPS) is 17.3. The van der Waals surface area contributed by atoms with Gasteiger partial charge in [0.1, 0.15) is 0 Å². The van der Waals surface area contributed by atoms with Gasteiger partial charge in [-0.05, 0) is 36.1 Å². The Kier molecular flexibility index (Phi) is 7.13. The molecule has 0 bridgehead atoms. The first kappa shape index (κ1) is 16.8. The highest BCUT2D eigenvalue weighted by Crippen LogP contribution is 2.42. The van der Waals surface area contributed by atoms with E-state index in [0.29, 0.717) is 5.41 Å². The van der Waals surface area contributed by atoms with Crippen molar-refractivity contribution in [3.05, 3.63) is 22.4 Å². The van der Waals surface area contributed by atoms with Gasteiger partial charge in [0.15, 0.2) is 5.96 Å². The van der Waals surface area contributed by atoms with Gasteiger partial charge < -0.3 is 10.6 Å². The molecule has 2 N–H and O–H groups in total. The van der Waals surface area contributed by atoms with E-state index in [1.165, 1.54) is 30.6 Å². The van der Waals surface area contributed by atoms with Crippen molar-refractivity contribution in [2.45, 2.75) is 39.2 Å². The summed E-state index contributed by atoms with van der Waals surface area (Å²) in [5.74, 6) is 0.920. The first-order valence-electron chi connectivity index (χ1n) is 6.75. The molecule has 1 aromatic heterocycles. The van der Waals surface area contributed by atoms with Crippen LogP contribution in [0, 0.1) is 5.41 Å². The monoisotopic (exact) mass is 393 g/mol. The lowest BCUT2D eigenvalue weighted by Crippen LogP contribution is -2.45. The molecule has 1 heterocycles. The standard InChI is InChI=1S/C14H23N3S.HI/c1-3-14(7-5-8-14)11-17-13(15-2)16-10-12-6-4-9-18-12;/h4,6,9H,3,5,7-8,10-11H2,1-2H3,(H2,15,16,17);1H. The van der Waals surface area contributed by atoms with Crippen LogP contribution in [0.4, 0.5) is 0 Å². The van der Waals surface area contributed by atoms with E-state index >= 15 is 0 Å². The van der Waals surface area contributed by atoms with E-state index in [-0.39, 0.29) is 24.0 Å². The van der Waals surface area contributed by atoms with Crippen molar-refractivity contribution in [1.82, 2.24) is 10.6 Å². The van der Waals surface area contributed by atoms with Gasteiger partial charge in [-0.1, -0.05) is 19.4 Å². The largest absolute Gasteiger partial charge is 0.356 e. The second kappa shape index (κ2) is 8.09. The SMILES string of the molecule is CCC1(CNC(=NC)NCc2cccs2)CCC1.I. The Hall–Kier alpha value is -0.300.